The molecule has 0 aromatic rings. The van der Waals surface area contributed by atoms with E-state index in [4.69, 9.17) is 5.26 Å². The molecule has 8 nitrogen and oxygen atoms in total. The Bertz CT molecular complexity index is 812. The Labute approximate surface area is 183 Å². The van der Waals surface area contributed by atoms with E-state index in [0.29, 0.717) is 18.5 Å². The lowest BCUT2D eigenvalue weighted by Gasteiger charge is -2.42. The summed E-state index contributed by atoms with van der Waals surface area (Å²) in [7, 11) is 0. The molecule has 7 atom stereocenters. The third-order valence-corrected chi connectivity index (χ3v) is 6.26. The van der Waals surface area contributed by atoms with Crippen molar-refractivity contribution in [1.82, 2.24) is 21.3 Å². The average Bonchev–Trinajstić information content (AvgIpc) is 2.70. The fourth-order valence-corrected chi connectivity index (χ4v) is 4.63. The molecule has 3 heterocycles. The van der Waals surface area contributed by atoms with Crippen LogP contribution in [0.25, 0.3) is 0 Å². The van der Waals surface area contributed by atoms with Gasteiger partial charge in [-0.3, -0.25) is 19.6 Å². The summed E-state index contributed by atoms with van der Waals surface area (Å²) in [6.07, 6.45) is -7.17. The minimum Gasteiger partial charge on any atom is -0.352 e. The van der Waals surface area contributed by atoms with Gasteiger partial charge in [0.1, 0.15) is 12.4 Å². The standard InChI is InChI=1S/C20H27F4N5O3/c1-9-12(6-15(30)27-10(2)18-13(21)5-11(7-25)8-26-18)19(31)28-14-3-4-16(29-17(9)14)32-20(22,23)24/h10-11,13-14,16-18,26,29H,3-6,8H2,1-2H3,(H,27,30)(H,28,31)/t10-,11?,13?,14?,16?,17?,18?/m0/s1. The largest absolute Gasteiger partial charge is 0.524 e. The summed E-state index contributed by atoms with van der Waals surface area (Å²) >= 11 is 0. The Morgan fingerprint density at radius 3 is 2.72 bits per heavy atom. The van der Waals surface area contributed by atoms with Crippen LogP contribution in [0.2, 0.25) is 0 Å². The van der Waals surface area contributed by atoms with Crippen molar-refractivity contribution in [3.63, 3.8) is 0 Å². The molecule has 6 unspecified atom stereocenters. The highest BCUT2D eigenvalue weighted by Gasteiger charge is 2.42. The summed E-state index contributed by atoms with van der Waals surface area (Å²) in [5, 5.41) is 20.1. The number of piperidine rings is 2. The summed E-state index contributed by atoms with van der Waals surface area (Å²) in [6, 6.07) is -0.218. The van der Waals surface area contributed by atoms with Crippen LogP contribution in [-0.4, -0.2) is 61.3 Å². The Kier molecular flexibility index (Phi) is 7.42. The van der Waals surface area contributed by atoms with Crippen molar-refractivity contribution in [2.45, 2.75) is 82.5 Å². The predicted octanol–water partition coefficient (Wildman–Crippen LogP) is 1.15. The zero-order chi connectivity index (χ0) is 23.6. The smallest absolute Gasteiger partial charge is 0.352 e. The van der Waals surface area contributed by atoms with Crippen LogP contribution in [0, 0.1) is 17.2 Å². The van der Waals surface area contributed by atoms with Crippen molar-refractivity contribution in [3.05, 3.63) is 11.1 Å². The Morgan fingerprint density at radius 2 is 2.09 bits per heavy atom. The first-order valence-corrected chi connectivity index (χ1v) is 10.6. The van der Waals surface area contributed by atoms with E-state index in [2.05, 4.69) is 26.0 Å². The molecule has 178 valence electrons. The minimum atomic E-state index is -4.78. The average molecular weight is 461 g/mol. The van der Waals surface area contributed by atoms with Crippen molar-refractivity contribution in [1.29, 1.82) is 5.26 Å². The Balaban J connectivity index is 1.62. The van der Waals surface area contributed by atoms with Gasteiger partial charge in [0.05, 0.1) is 30.5 Å². The number of halogens is 4. The fourth-order valence-electron chi connectivity index (χ4n) is 4.63. The molecular formula is C20H27F4N5O3. The summed E-state index contributed by atoms with van der Waals surface area (Å²) in [5.74, 6) is -1.38. The van der Waals surface area contributed by atoms with E-state index in [1.165, 1.54) is 0 Å². The molecule has 32 heavy (non-hydrogen) atoms. The van der Waals surface area contributed by atoms with Gasteiger partial charge >= 0.3 is 6.36 Å². The molecule has 3 rings (SSSR count). The van der Waals surface area contributed by atoms with Gasteiger partial charge in [-0.2, -0.15) is 5.26 Å². The number of amides is 2. The van der Waals surface area contributed by atoms with Gasteiger partial charge in [0.2, 0.25) is 11.8 Å². The van der Waals surface area contributed by atoms with Crippen LogP contribution in [0.15, 0.2) is 11.1 Å². The predicted molar refractivity (Wildman–Crippen MR) is 104 cm³/mol. The maximum absolute atomic E-state index is 14.4. The van der Waals surface area contributed by atoms with Gasteiger partial charge in [0, 0.05) is 24.2 Å². The third kappa shape index (κ3) is 5.76. The summed E-state index contributed by atoms with van der Waals surface area (Å²) in [4.78, 5) is 25.1. The number of hydrogen-bond donors (Lipinski definition) is 4. The van der Waals surface area contributed by atoms with Gasteiger partial charge in [0.15, 0.2) is 0 Å². The van der Waals surface area contributed by atoms with Crippen molar-refractivity contribution < 1.29 is 31.9 Å². The molecule has 3 aliphatic rings. The van der Waals surface area contributed by atoms with E-state index < -0.39 is 60.7 Å². The first-order chi connectivity index (χ1) is 15.0. The quantitative estimate of drug-likeness (QED) is 0.457. The van der Waals surface area contributed by atoms with Crippen molar-refractivity contribution >= 4 is 11.8 Å². The number of fused-ring (bicyclic) bond motifs is 1. The lowest BCUT2D eigenvalue weighted by Crippen LogP contribution is -2.61. The number of ether oxygens (including phenoxy) is 1. The highest BCUT2D eigenvalue weighted by atomic mass is 19.4. The lowest BCUT2D eigenvalue weighted by molar-refractivity contribution is -0.349. The van der Waals surface area contributed by atoms with Crippen molar-refractivity contribution in [2.24, 2.45) is 5.92 Å². The van der Waals surface area contributed by atoms with Gasteiger partial charge in [0.25, 0.3) is 0 Å². The SMILES string of the molecule is CC1=C(CC(=O)N[C@@H](C)C2NCC(C#N)CC2F)C(=O)NC2CCC(OC(F)(F)F)NC12. The van der Waals surface area contributed by atoms with Crippen LogP contribution >= 0.6 is 0 Å². The van der Waals surface area contributed by atoms with Crippen molar-refractivity contribution in [2.75, 3.05) is 6.54 Å². The normalized spacial score (nSPS) is 34.2. The summed E-state index contributed by atoms with van der Waals surface area (Å²) in [5.41, 5.74) is 0.641. The van der Waals surface area contributed by atoms with Crippen LogP contribution < -0.4 is 21.3 Å². The molecule has 0 aliphatic carbocycles. The number of carbonyl (C=O) groups is 2. The molecule has 3 aliphatic heterocycles. The topological polar surface area (TPSA) is 115 Å². The molecule has 0 spiro atoms. The van der Waals surface area contributed by atoms with Crippen LogP contribution in [0.5, 0.6) is 0 Å². The van der Waals surface area contributed by atoms with Crippen LogP contribution in [-0.2, 0) is 14.3 Å². The van der Waals surface area contributed by atoms with Crippen LogP contribution in [0.1, 0.15) is 39.5 Å². The monoisotopic (exact) mass is 461 g/mol. The number of nitriles is 1. The number of carbonyl (C=O) groups excluding carboxylic acids is 2. The second kappa shape index (κ2) is 9.72. The molecule has 0 radical (unpaired) electrons. The molecule has 2 saturated heterocycles. The minimum absolute atomic E-state index is 0.0764. The van der Waals surface area contributed by atoms with E-state index in [9.17, 15) is 27.2 Å². The second-order valence-electron chi connectivity index (χ2n) is 8.56. The van der Waals surface area contributed by atoms with Crippen LogP contribution in [0.4, 0.5) is 17.6 Å². The Morgan fingerprint density at radius 1 is 1.38 bits per heavy atom. The number of nitrogens with zero attached hydrogens (tertiary/aromatic N) is 1. The summed E-state index contributed by atoms with van der Waals surface area (Å²) in [6.45, 7) is 3.56. The number of hydrogen-bond acceptors (Lipinski definition) is 6. The molecular weight excluding hydrogens is 434 g/mol. The van der Waals surface area contributed by atoms with Gasteiger partial charge in [-0.05, 0) is 38.7 Å². The van der Waals surface area contributed by atoms with Crippen molar-refractivity contribution in [3.8, 4) is 6.07 Å². The number of rotatable bonds is 5. The molecule has 0 bridgehead atoms. The molecule has 4 N–H and O–H groups in total. The number of nitrogens with one attached hydrogen (secondary N) is 4. The second-order valence-corrected chi connectivity index (χ2v) is 8.56. The fraction of sp³-hybridized carbons (Fsp3) is 0.750. The summed E-state index contributed by atoms with van der Waals surface area (Å²) < 4.78 is 56.2. The maximum Gasteiger partial charge on any atom is 0.524 e. The molecule has 0 saturated carbocycles. The third-order valence-electron chi connectivity index (χ3n) is 6.26. The Hall–Kier alpha value is -2.23. The highest BCUT2D eigenvalue weighted by molar-refractivity contribution is 6.00. The van der Waals surface area contributed by atoms with Gasteiger partial charge < -0.3 is 16.0 Å². The van der Waals surface area contributed by atoms with Crippen LogP contribution in [0.3, 0.4) is 0 Å². The number of alkyl halides is 4. The zero-order valence-corrected chi connectivity index (χ0v) is 17.8. The van der Waals surface area contributed by atoms with E-state index >= 15 is 0 Å². The van der Waals surface area contributed by atoms with E-state index in [0.717, 1.165) is 0 Å². The molecule has 2 fully saturated rings. The van der Waals surface area contributed by atoms with Gasteiger partial charge in [-0.1, -0.05) is 0 Å². The van der Waals surface area contributed by atoms with Gasteiger partial charge in [-0.25, -0.2) is 4.39 Å². The van der Waals surface area contributed by atoms with E-state index in [-0.39, 0.29) is 24.8 Å². The first kappa shape index (κ1) is 24.4. The molecule has 12 heteroatoms. The molecule has 0 aromatic heterocycles. The first-order valence-electron chi connectivity index (χ1n) is 10.6. The van der Waals surface area contributed by atoms with Gasteiger partial charge in [-0.15, -0.1) is 13.2 Å². The van der Waals surface area contributed by atoms with E-state index in [1.807, 2.05) is 6.07 Å². The van der Waals surface area contributed by atoms with E-state index in [1.54, 1.807) is 13.8 Å². The lowest BCUT2D eigenvalue weighted by atomic mass is 9.84. The zero-order valence-electron chi connectivity index (χ0n) is 17.8. The molecule has 0 aromatic carbocycles. The highest BCUT2D eigenvalue weighted by Crippen LogP contribution is 2.30. The maximum atomic E-state index is 14.4. The molecule has 2 amide bonds.